The van der Waals surface area contributed by atoms with Crippen LogP contribution in [0.1, 0.15) is 57.8 Å². The molecule has 5 saturated carbocycles. The Bertz CT molecular complexity index is 414. The molecule has 0 saturated heterocycles. The average Bonchev–Trinajstić information content (AvgIpc) is 3.02. The zero-order valence-corrected chi connectivity index (χ0v) is 11.2. The van der Waals surface area contributed by atoms with Crippen molar-refractivity contribution < 1.29 is 4.79 Å². The molecule has 0 amide bonds. The van der Waals surface area contributed by atoms with Crippen molar-refractivity contribution in [2.75, 3.05) is 0 Å². The van der Waals surface area contributed by atoms with Crippen molar-refractivity contribution in [2.45, 2.75) is 57.8 Å². The minimum Gasteiger partial charge on any atom is -0.299 e. The van der Waals surface area contributed by atoms with E-state index < -0.39 is 0 Å². The van der Waals surface area contributed by atoms with Crippen molar-refractivity contribution >= 4 is 5.78 Å². The fourth-order valence-corrected chi connectivity index (χ4v) is 7.72. The molecule has 18 heavy (non-hydrogen) atoms. The van der Waals surface area contributed by atoms with Gasteiger partial charge in [-0.1, -0.05) is 12.8 Å². The first kappa shape index (κ1) is 10.5. The fraction of sp³-hybridized carbons (Fsp3) is 0.941. The third-order valence-electron chi connectivity index (χ3n) is 7.88. The number of carbonyl (C=O) groups excluding carboxylic acids is 1. The van der Waals surface area contributed by atoms with Gasteiger partial charge in [0.15, 0.2) is 0 Å². The Morgan fingerprint density at radius 3 is 2.67 bits per heavy atom. The number of Topliss-reactive ketones (excluding diaryl/α,β-unsaturated/α-hetero) is 1. The maximum Gasteiger partial charge on any atom is 0.139 e. The predicted octanol–water partition coefficient (Wildman–Crippen LogP) is 3.82. The maximum absolute atomic E-state index is 12.8. The summed E-state index contributed by atoms with van der Waals surface area (Å²) in [6, 6.07) is 0. The molecule has 0 N–H and O–H groups in total. The Kier molecular flexibility index (Phi) is 1.87. The molecule has 4 bridgehead atoms. The maximum atomic E-state index is 12.8. The van der Waals surface area contributed by atoms with Crippen molar-refractivity contribution in [1.29, 1.82) is 0 Å². The van der Waals surface area contributed by atoms with Gasteiger partial charge in [0.1, 0.15) is 5.78 Å². The quantitative estimate of drug-likeness (QED) is 0.633. The molecule has 0 heterocycles. The zero-order chi connectivity index (χ0) is 11.9. The van der Waals surface area contributed by atoms with E-state index in [1.165, 1.54) is 57.8 Å². The van der Waals surface area contributed by atoms with E-state index in [1.54, 1.807) is 0 Å². The molecule has 5 aliphatic rings. The van der Waals surface area contributed by atoms with Gasteiger partial charge in [0, 0.05) is 11.8 Å². The van der Waals surface area contributed by atoms with Crippen molar-refractivity contribution in [1.82, 2.24) is 0 Å². The number of rotatable bonds is 0. The van der Waals surface area contributed by atoms with Crippen LogP contribution in [0, 0.1) is 40.9 Å². The highest BCUT2D eigenvalue weighted by Crippen LogP contribution is 2.76. The molecule has 0 aromatic carbocycles. The van der Waals surface area contributed by atoms with Gasteiger partial charge in [0.25, 0.3) is 0 Å². The summed E-state index contributed by atoms with van der Waals surface area (Å²) in [6.45, 7) is 0. The van der Waals surface area contributed by atoms with Crippen LogP contribution in [0.15, 0.2) is 0 Å². The van der Waals surface area contributed by atoms with Crippen molar-refractivity contribution in [2.24, 2.45) is 40.9 Å². The molecule has 5 aliphatic carbocycles. The Morgan fingerprint density at radius 2 is 1.72 bits per heavy atom. The van der Waals surface area contributed by atoms with E-state index in [9.17, 15) is 4.79 Å². The first-order chi connectivity index (χ1) is 8.83. The van der Waals surface area contributed by atoms with Crippen LogP contribution in [-0.2, 0) is 4.79 Å². The lowest BCUT2D eigenvalue weighted by Crippen LogP contribution is -2.41. The van der Waals surface area contributed by atoms with E-state index in [1.807, 2.05) is 0 Å². The van der Waals surface area contributed by atoms with Gasteiger partial charge in [-0.25, -0.2) is 0 Å². The summed E-state index contributed by atoms with van der Waals surface area (Å²) >= 11 is 0. The van der Waals surface area contributed by atoms with Crippen LogP contribution in [-0.4, -0.2) is 5.78 Å². The Hall–Kier alpha value is -0.330. The molecule has 0 unspecified atom stereocenters. The normalized spacial score (nSPS) is 60.8. The van der Waals surface area contributed by atoms with Gasteiger partial charge in [0.05, 0.1) is 0 Å². The standard InChI is InChI=1S/C17H24O/c18-16-12-3-1-2-4-15(16)17-11-6-5-10(9-11)13(17)7-8-14(12)17/h10-15H,1-9H2/t10-,11-,12-,13+,14-,15+,17+/m0/s1. The van der Waals surface area contributed by atoms with Crippen LogP contribution in [0.2, 0.25) is 0 Å². The molecule has 0 aliphatic heterocycles. The topological polar surface area (TPSA) is 17.1 Å². The van der Waals surface area contributed by atoms with Crippen molar-refractivity contribution in [3.63, 3.8) is 0 Å². The zero-order valence-electron chi connectivity index (χ0n) is 11.2. The second-order valence-corrected chi connectivity index (χ2v) is 7.91. The van der Waals surface area contributed by atoms with E-state index in [4.69, 9.17) is 0 Å². The third-order valence-corrected chi connectivity index (χ3v) is 7.88. The van der Waals surface area contributed by atoms with Crippen LogP contribution in [0.3, 0.4) is 0 Å². The van der Waals surface area contributed by atoms with Crippen LogP contribution >= 0.6 is 0 Å². The minimum atomic E-state index is 0.502. The minimum absolute atomic E-state index is 0.502. The molecule has 98 valence electrons. The molecule has 0 aromatic heterocycles. The summed E-state index contributed by atoms with van der Waals surface area (Å²) in [4.78, 5) is 12.8. The highest BCUT2D eigenvalue weighted by atomic mass is 16.1. The second-order valence-electron chi connectivity index (χ2n) is 7.91. The number of ketones is 1. The van der Waals surface area contributed by atoms with Gasteiger partial charge < -0.3 is 0 Å². The van der Waals surface area contributed by atoms with Gasteiger partial charge in [-0.05, 0) is 74.0 Å². The van der Waals surface area contributed by atoms with E-state index in [-0.39, 0.29) is 0 Å². The van der Waals surface area contributed by atoms with Crippen molar-refractivity contribution in [3.8, 4) is 0 Å². The first-order valence-electron chi connectivity index (χ1n) is 8.37. The number of hydrogen-bond acceptors (Lipinski definition) is 1. The van der Waals surface area contributed by atoms with Gasteiger partial charge in [0.2, 0.25) is 0 Å². The summed E-state index contributed by atoms with van der Waals surface area (Å²) in [5.41, 5.74) is 0.547. The summed E-state index contributed by atoms with van der Waals surface area (Å²) in [5.74, 6) is 5.52. The van der Waals surface area contributed by atoms with E-state index in [2.05, 4.69) is 0 Å². The number of carbonyl (C=O) groups is 1. The monoisotopic (exact) mass is 244 g/mol. The van der Waals surface area contributed by atoms with Crippen LogP contribution in [0.5, 0.6) is 0 Å². The summed E-state index contributed by atoms with van der Waals surface area (Å²) in [7, 11) is 0. The molecule has 5 fully saturated rings. The van der Waals surface area contributed by atoms with Crippen LogP contribution < -0.4 is 0 Å². The predicted molar refractivity (Wildman–Crippen MR) is 69.9 cm³/mol. The highest BCUT2D eigenvalue weighted by molar-refractivity contribution is 5.88. The molecule has 1 heteroatoms. The Balaban J connectivity index is 1.68. The molecular formula is C17H24O. The van der Waals surface area contributed by atoms with Crippen LogP contribution in [0.4, 0.5) is 0 Å². The van der Waals surface area contributed by atoms with Gasteiger partial charge in [-0.15, -0.1) is 0 Å². The molecule has 1 spiro atoms. The highest BCUT2D eigenvalue weighted by Gasteiger charge is 2.73. The van der Waals surface area contributed by atoms with E-state index >= 15 is 0 Å². The number of fused-ring (bicyclic) bond motifs is 6. The molecule has 0 aromatic rings. The molecular weight excluding hydrogens is 220 g/mol. The Labute approximate surface area is 110 Å². The first-order valence-corrected chi connectivity index (χ1v) is 8.37. The molecule has 0 radical (unpaired) electrons. The summed E-state index contributed by atoms with van der Waals surface area (Å²) in [5, 5.41) is 0. The lowest BCUT2D eigenvalue weighted by atomic mass is 9.58. The van der Waals surface area contributed by atoms with E-state index in [0.29, 0.717) is 17.3 Å². The second kappa shape index (κ2) is 3.22. The SMILES string of the molecule is O=C1[C@H]2CCCC[C@H]1[C@]13[C@H]4CC[C@@H](C4)[C@H]1CC[C@@H]23. The Morgan fingerprint density at radius 1 is 0.889 bits per heavy atom. The average molecular weight is 244 g/mol. The lowest BCUT2D eigenvalue weighted by Gasteiger charge is -2.45. The van der Waals surface area contributed by atoms with Gasteiger partial charge in [-0.3, -0.25) is 4.79 Å². The molecule has 1 nitrogen and oxygen atoms in total. The number of hydrogen-bond donors (Lipinski definition) is 0. The smallest absolute Gasteiger partial charge is 0.139 e. The molecule has 7 atom stereocenters. The van der Waals surface area contributed by atoms with Crippen LogP contribution in [0.25, 0.3) is 0 Å². The van der Waals surface area contributed by atoms with Crippen molar-refractivity contribution in [3.05, 3.63) is 0 Å². The fourth-order valence-electron chi connectivity index (χ4n) is 7.72. The summed E-state index contributed by atoms with van der Waals surface area (Å²) in [6.07, 6.45) is 12.5. The van der Waals surface area contributed by atoms with E-state index in [0.717, 1.165) is 29.5 Å². The largest absolute Gasteiger partial charge is 0.299 e. The lowest BCUT2D eigenvalue weighted by molar-refractivity contribution is -0.126. The van der Waals surface area contributed by atoms with Gasteiger partial charge in [-0.2, -0.15) is 0 Å². The molecule has 5 rings (SSSR count). The van der Waals surface area contributed by atoms with Gasteiger partial charge >= 0.3 is 0 Å². The summed E-state index contributed by atoms with van der Waals surface area (Å²) < 4.78 is 0. The third kappa shape index (κ3) is 0.916.